The minimum absolute atomic E-state index is 0.000746. The number of benzene rings is 2. The molecule has 1 spiro atoms. The van der Waals surface area contributed by atoms with Gasteiger partial charge in [0.25, 0.3) is 11.8 Å². The van der Waals surface area contributed by atoms with Crippen molar-refractivity contribution in [2.24, 2.45) is 0 Å². The number of carbonyl (C=O) groups is 3. The molecule has 0 radical (unpaired) electrons. The van der Waals surface area contributed by atoms with Gasteiger partial charge in [-0.1, -0.05) is 49.0 Å². The third-order valence-electron chi connectivity index (χ3n) is 10.1. The molecule has 3 atom stereocenters. The summed E-state index contributed by atoms with van der Waals surface area (Å²) in [5.41, 5.74) is 2.65. The number of likely N-dealkylation sites (N-methyl/N-ethyl adjacent to an activating group) is 1. The lowest BCUT2D eigenvalue weighted by molar-refractivity contribution is -0.212. The molecule has 7 rings (SSSR count). The molecule has 2 aromatic carbocycles. The number of nitrogens with one attached hydrogen (secondary N) is 2. The molecule has 12 nitrogen and oxygen atoms in total. The van der Waals surface area contributed by atoms with Gasteiger partial charge < -0.3 is 15.4 Å². The Labute approximate surface area is 291 Å². The summed E-state index contributed by atoms with van der Waals surface area (Å²) < 4.78 is 46.6. The van der Waals surface area contributed by atoms with Crippen molar-refractivity contribution in [3.05, 3.63) is 108 Å². The van der Waals surface area contributed by atoms with Crippen molar-refractivity contribution in [3.63, 3.8) is 0 Å². The van der Waals surface area contributed by atoms with Crippen molar-refractivity contribution in [3.8, 4) is 5.69 Å². The lowest BCUT2D eigenvalue weighted by Gasteiger charge is -2.60. The number of para-hydroxylation sites is 1. The topological polar surface area (TPSA) is 127 Å². The fourth-order valence-electron chi connectivity index (χ4n) is 7.20. The van der Waals surface area contributed by atoms with E-state index in [2.05, 4.69) is 32.3 Å². The molecule has 5 heterocycles. The molecule has 2 aromatic heterocycles. The van der Waals surface area contributed by atoms with Crippen molar-refractivity contribution >= 4 is 23.5 Å². The Bertz CT molecular complexity index is 1980. The van der Waals surface area contributed by atoms with Crippen LogP contribution in [0.15, 0.2) is 85.2 Å². The minimum Gasteiger partial charge on any atom is -0.377 e. The highest BCUT2D eigenvalue weighted by molar-refractivity contribution is 6.04. The maximum absolute atomic E-state index is 14.3. The van der Waals surface area contributed by atoms with Gasteiger partial charge in [0.2, 0.25) is 5.91 Å². The van der Waals surface area contributed by atoms with E-state index < -0.39 is 35.8 Å². The highest BCUT2D eigenvalue weighted by Crippen LogP contribution is 2.42. The number of ether oxygens (including phenoxy) is 1. The molecule has 0 aliphatic carbocycles. The number of fused-ring (bicyclic) bond motifs is 1. The van der Waals surface area contributed by atoms with Crippen LogP contribution < -0.4 is 15.5 Å². The monoisotopic (exact) mass is 702 g/mol. The van der Waals surface area contributed by atoms with Crippen LogP contribution in [-0.2, 0) is 27.2 Å². The maximum atomic E-state index is 14.3. The third-order valence-corrected chi connectivity index (χ3v) is 10.1. The molecule has 3 aliphatic rings. The number of rotatable bonds is 10. The summed E-state index contributed by atoms with van der Waals surface area (Å²) in [7, 11) is 0. The first-order valence-electron chi connectivity index (χ1n) is 16.7. The Morgan fingerprint density at radius 3 is 2.51 bits per heavy atom. The van der Waals surface area contributed by atoms with Gasteiger partial charge in [0, 0.05) is 48.9 Å². The van der Waals surface area contributed by atoms with Gasteiger partial charge in [0.05, 0.1) is 30.6 Å². The average molecular weight is 703 g/mol. The Morgan fingerprint density at radius 1 is 1.12 bits per heavy atom. The minimum atomic E-state index is -4.81. The second-order valence-corrected chi connectivity index (χ2v) is 13.1. The van der Waals surface area contributed by atoms with Crippen molar-refractivity contribution in [2.45, 2.75) is 56.7 Å². The molecule has 3 aliphatic heterocycles. The van der Waals surface area contributed by atoms with E-state index in [1.54, 1.807) is 29.9 Å². The number of carbonyl (C=O) groups excluding carboxylic acids is 3. The van der Waals surface area contributed by atoms with Crippen LogP contribution in [0.1, 0.15) is 53.4 Å². The number of aromatic nitrogens is 4. The molecule has 2 fully saturated rings. The zero-order valence-corrected chi connectivity index (χ0v) is 28.1. The van der Waals surface area contributed by atoms with E-state index in [0.717, 1.165) is 24.6 Å². The van der Waals surface area contributed by atoms with E-state index in [-0.39, 0.29) is 35.3 Å². The predicted molar refractivity (Wildman–Crippen MR) is 180 cm³/mol. The molecule has 3 amide bonds. The van der Waals surface area contributed by atoms with Gasteiger partial charge in [-0.3, -0.25) is 24.2 Å². The van der Waals surface area contributed by atoms with Crippen LogP contribution in [0, 0.1) is 0 Å². The van der Waals surface area contributed by atoms with Gasteiger partial charge in [-0.15, -0.1) is 13.2 Å². The summed E-state index contributed by atoms with van der Waals surface area (Å²) in [6, 6.07) is 16.1. The summed E-state index contributed by atoms with van der Waals surface area (Å²) in [5.74, 6) is -1.98. The number of anilines is 1. The highest BCUT2D eigenvalue weighted by Gasteiger charge is 2.53. The number of nitrogens with zero attached hydrogens (tertiary/aromatic N) is 6. The summed E-state index contributed by atoms with van der Waals surface area (Å²) in [6.45, 7) is 10.4. The molecule has 0 saturated carbocycles. The standard InChI is InChI=1S/C36H37F3N8O4/c1-4-44-33-27(19-41-47(33)26-11-6-5-7-12-26)29(30(34(44)50)42-32(49)28-13-15-46(43-28)36(37,38)39)25-10-8-9-24(17-25)18-40-31(48)22(2)23(3)45-16-14-35(45)20-51-21-35/h5-13,15,17,19,23,29-30H,2,4,14,16,18,20-21H2,1,3H3,(H,40,48)(H,42,49)/t23?,29-,30+/m1/s1. The van der Waals surface area contributed by atoms with Crippen molar-refractivity contribution in [1.82, 2.24) is 35.1 Å². The van der Waals surface area contributed by atoms with Crippen LogP contribution in [0.5, 0.6) is 0 Å². The fraction of sp³-hybridized carbons (Fsp3) is 0.361. The van der Waals surface area contributed by atoms with E-state index in [1.165, 1.54) is 4.90 Å². The van der Waals surface area contributed by atoms with Gasteiger partial charge in [0.1, 0.15) is 17.6 Å². The summed E-state index contributed by atoms with van der Waals surface area (Å²) in [4.78, 5) is 44.7. The van der Waals surface area contributed by atoms with Crippen molar-refractivity contribution in [2.75, 3.05) is 31.2 Å². The largest absolute Gasteiger partial charge is 0.504 e. The Hall–Kier alpha value is -5.28. The molecule has 51 heavy (non-hydrogen) atoms. The van der Waals surface area contributed by atoms with Gasteiger partial charge in [-0.05, 0) is 49.6 Å². The van der Waals surface area contributed by atoms with E-state index in [0.29, 0.717) is 47.6 Å². The second-order valence-electron chi connectivity index (χ2n) is 13.1. The number of likely N-dealkylation sites (tertiary alicyclic amines) is 1. The molecule has 0 bridgehead atoms. The molecule has 266 valence electrons. The number of alkyl halides is 3. The first-order valence-corrected chi connectivity index (χ1v) is 16.7. The summed E-state index contributed by atoms with van der Waals surface area (Å²) in [5, 5.41) is 13.7. The van der Waals surface area contributed by atoms with Crippen molar-refractivity contribution in [1.29, 1.82) is 0 Å². The molecular formula is C36H37F3N8O4. The maximum Gasteiger partial charge on any atom is 0.504 e. The Morgan fingerprint density at radius 2 is 1.88 bits per heavy atom. The highest BCUT2D eigenvalue weighted by atomic mass is 19.4. The first kappa shape index (κ1) is 34.2. The SMILES string of the molecule is C=C(C(=O)NCc1cccc([C@@H]2c3cnn(-c4ccccc4)c3N(CC)C(=O)[C@H]2NC(=O)c2ccn(C(F)(F)F)n2)c1)C(C)N1CCC12COC2. The molecule has 2 saturated heterocycles. The van der Waals surface area contributed by atoms with Crippen LogP contribution in [0.4, 0.5) is 19.0 Å². The zero-order valence-electron chi connectivity index (χ0n) is 28.1. The molecular weight excluding hydrogens is 665 g/mol. The fourth-order valence-corrected chi connectivity index (χ4v) is 7.20. The third kappa shape index (κ3) is 6.09. The first-order chi connectivity index (χ1) is 24.4. The number of hydrogen-bond donors (Lipinski definition) is 2. The van der Waals surface area contributed by atoms with E-state index in [1.807, 2.05) is 49.4 Å². The number of hydrogen-bond acceptors (Lipinski definition) is 7. The second kappa shape index (κ2) is 13.1. The van der Waals surface area contributed by atoms with Gasteiger partial charge in [0.15, 0.2) is 0 Å². The van der Waals surface area contributed by atoms with E-state index >= 15 is 0 Å². The van der Waals surface area contributed by atoms with Crippen LogP contribution in [0.3, 0.4) is 0 Å². The van der Waals surface area contributed by atoms with Crippen LogP contribution in [-0.4, -0.2) is 86.1 Å². The molecule has 2 N–H and O–H groups in total. The molecule has 1 unspecified atom stereocenters. The molecule has 15 heteroatoms. The van der Waals surface area contributed by atoms with Gasteiger partial charge in [-0.2, -0.15) is 14.9 Å². The van der Waals surface area contributed by atoms with Gasteiger partial charge >= 0.3 is 6.30 Å². The normalized spacial score (nSPS) is 20.3. The Balaban J connectivity index is 1.19. The van der Waals surface area contributed by atoms with E-state index in [4.69, 9.17) is 4.74 Å². The average Bonchev–Trinajstić information content (AvgIpc) is 3.76. The quantitative estimate of drug-likeness (QED) is 0.241. The van der Waals surface area contributed by atoms with Crippen LogP contribution in [0.2, 0.25) is 0 Å². The summed E-state index contributed by atoms with van der Waals surface area (Å²) >= 11 is 0. The van der Waals surface area contributed by atoms with Gasteiger partial charge in [-0.25, -0.2) is 4.68 Å². The zero-order chi connectivity index (χ0) is 36.1. The molecule has 4 aromatic rings. The lowest BCUT2D eigenvalue weighted by Crippen LogP contribution is -2.73. The van der Waals surface area contributed by atoms with E-state index in [9.17, 15) is 27.6 Å². The van der Waals surface area contributed by atoms with Crippen molar-refractivity contribution < 1.29 is 32.3 Å². The number of amides is 3. The smallest absolute Gasteiger partial charge is 0.377 e. The van der Waals surface area contributed by atoms with Crippen LogP contribution in [0.25, 0.3) is 5.69 Å². The lowest BCUT2D eigenvalue weighted by atomic mass is 9.80. The Kier molecular flexibility index (Phi) is 8.79. The predicted octanol–water partition coefficient (Wildman–Crippen LogP) is 3.88. The summed E-state index contributed by atoms with van der Waals surface area (Å²) in [6.07, 6.45) is -1.51. The number of halogens is 3. The van der Waals surface area contributed by atoms with Crippen LogP contribution >= 0.6 is 0 Å².